The number of carbonyl (C=O) groups is 2. The van der Waals surface area contributed by atoms with Gasteiger partial charge in [0.25, 0.3) is 0 Å². The van der Waals surface area contributed by atoms with Gasteiger partial charge < -0.3 is 15.0 Å². The molecule has 2 aromatic rings. The lowest BCUT2D eigenvalue weighted by atomic mass is 9.97. The Morgan fingerprint density at radius 2 is 1.96 bits per heavy atom. The summed E-state index contributed by atoms with van der Waals surface area (Å²) in [4.78, 5) is 34.3. The molecule has 1 aliphatic rings. The normalized spacial score (nSPS) is 16.5. The van der Waals surface area contributed by atoms with Crippen LogP contribution in [0.15, 0.2) is 42.7 Å². The number of carbonyl (C=O) groups excluding carboxylic acids is 2. The number of nitrogens with zero attached hydrogens (tertiary/aromatic N) is 3. The lowest BCUT2D eigenvalue weighted by molar-refractivity contribution is -0.125. The maximum Gasteiger partial charge on any atom is 0.411 e. The van der Waals surface area contributed by atoms with Crippen molar-refractivity contribution in [3.05, 3.63) is 48.3 Å². The van der Waals surface area contributed by atoms with Gasteiger partial charge >= 0.3 is 6.09 Å². The number of amides is 2. The third-order valence-electron chi connectivity index (χ3n) is 4.48. The van der Waals surface area contributed by atoms with Gasteiger partial charge in [-0.2, -0.15) is 0 Å². The Kier molecular flexibility index (Phi) is 6.19. The van der Waals surface area contributed by atoms with Crippen LogP contribution in [0.5, 0.6) is 0 Å². The minimum atomic E-state index is -0.514. The van der Waals surface area contributed by atoms with Crippen LogP contribution >= 0.6 is 0 Å². The van der Waals surface area contributed by atoms with Crippen LogP contribution in [0.2, 0.25) is 0 Å². The molecular weight excluding hydrogens is 346 g/mol. The fraction of sp³-hybridized carbons (Fsp3) is 0.368. The lowest BCUT2D eigenvalue weighted by Gasteiger charge is -2.31. The zero-order valence-electron chi connectivity index (χ0n) is 15.2. The Morgan fingerprint density at radius 3 is 2.67 bits per heavy atom. The summed E-state index contributed by atoms with van der Waals surface area (Å²) in [6.45, 7) is 1.93. The second-order valence-corrected chi connectivity index (χ2v) is 6.37. The highest BCUT2D eigenvalue weighted by Gasteiger charge is 2.26. The molecule has 142 valence electrons. The topological polar surface area (TPSA) is 96.5 Å². The summed E-state index contributed by atoms with van der Waals surface area (Å²) in [5, 5.41) is 5.58. The zero-order chi connectivity index (χ0) is 19.1. The van der Waals surface area contributed by atoms with Gasteiger partial charge in [-0.3, -0.25) is 10.1 Å². The summed E-state index contributed by atoms with van der Waals surface area (Å²) in [7, 11) is 1.32. The van der Waals surface area contributed by atoms with Crippen molar-refractivity contribution in [2.75, 3.05) is 30.4 Å². The quantitative estimate of drug-likeness (QED) is 0.839. The van der Waals surface area contributed by atoms with Gasteiger partial charge in [-0.1, -0.05) is 12.1 Å². The van der Waals surface area contributed by atoms with Crippen LogP contribution in [0, 0.1) is 5.92 Å². The molecule has 1 aliphatic heterocycles. The third kappa shape index (κ3) is 5.16. The first kappa shape index (κ1) is 18.6. The fourth-order valence-electron chi connectivity index (χ4n) is 3.04. The van der Waals surface area contributed by atoms with E-state index in [1.807, 2.05) is 12.1 Å². The van der Waals surface area contributed by atoms with Crippen LogP contribution in [0.3, 0.4) is 0 Å². The van der Waals surface area contributed by atoms with Crippen molar-refractivity contribution in [2.45, 2.75) is 19.4 Å². The predicted octanol–water partition coefficient (Wildman–Crippen LogP) is 2.19. The highest BCUT2D eigenvalue weighted by Crippen LogP contribution is 2.20. The summed E-state index contributed by atoms with van der Waals surface area (Å²) in [6, 6.07) is 9.04. The van der Waals surface area contributed by atoms with Crippen LogP contribution in [0.4, 0.5) is 16.4 Å². The Morgan fingerprint density at radius 1 is 1.22 bits per heavy atom. The predicted molar refractivity (Wildman–Crippen MR) is 101 cm³/mol. The van der Waals surface area contributed by atoms with Gasteiger partial charge in [0.05, 0.1) is 13.0 Å². The van der Waals surface area contributed by atoms with Gasteiger partial charge in [0.1, 0.15) is 0 Å². The van der Waals surface area contributed by atoms with Crippen LogP contribution in [0.1, 0.15) is 18.4 Å². The standard InChI is InChI=1S/C19H23N5O3/c1-27-19(26)23-16-7-5-14(6-8-16)12-22-17(25)15-4-2-11-24(13-15)18-20-9-3-10-21-18/h3,5-10,15H,2,4,11-13H2,1H3,(H,22,25)(H,23,26)/t15-/m0/s1. The van der Waals surface area contributed by atoms with Gasteiger partial charge in [-0.05, 0) is 36.6 Å². The SMILES string of the molecule is COC(=O)Nc1ccc(CNC(=O)[C@H]2CCCN(c3ncccn3)C2)cc1. The van der Waals surface area contributed by atoms with E-state index in [1.165, 1.54) is 7.11 Å². The van der Waals surface area contributed by atoms with Crippen molar-refractivity contribution in [3.8, 4) is 0 Å². The number of ether oxygens (including phenoxy) is 1. The molecule has 0 radical (unpaired) electrons. The van der Waals surface area contributed by atoms with E-state index in [1.54, 1.807) is 30.6 Å². The molecule has 3 rings (SSSR count). The number of benzene rings is 1. The molecule has 2 N–H and O–H groups in total. The van der Waals surface area contributed by atoms with Crippen LogP contribution in [-0.4, -0.2) is 42.2 Å². The molecular formula is C19H23N5O3. The van der Waals surface area contributed by atoms with Crippen LogP contribution < -0.4 is 15.5 Å². The van der Waals surface area contributed by atoms with E-state index in [0.29, 0.717) is 24.7 Å². The molecule has 0 aliphatic carbocycles. The Balaban J connectivity index is 1.50. The first-order valence-corrected chi connectivity index (χ1v) is 8.89. The number of methoxy groups -OCH3 is 1. The Hall–Kier alpha value is -3.16. The highest BCUT2D eigenvalue weighted by atomic mass is 16.5. The summed E-state index contributed by atoms with van der Waals surface area (Å²) in [6.07, 6.45) is 4.71. The van der Waals surface area contributed by atoms with Crippen molar-refractivity contribution in [2.24, 2.45) is 5.92 Å². The number of piperidine rings is 1. The van der Waals surface area contributed by atoms with E-state index < -0.39 is 6.09 Å². The molecule has 2 heterocycles. The van der Waals surface area contributed by atoms with Crippen LogP contribution in [-0.2, 0) is 16.1 Å². The minimum Gasteiger partial charge on any atom is -0.453 e. The molecule has 0 bridgehead atoms. The van der Waals surface area contributed by atoms with E-state index in [2.05, 4.69) is 30.2 Å². The van der Waals surface area contributed by atoms with E-state index >= 15 is 0 Å². The molecule has 27 heavy (non-hydrogen) atoms. The average molecular weight is 369 g/mol. The average Bonchev–Trinajstić information content (AvgIpc) is 2.73. The minimum absolute atomic E-state index is 0.0346. The van der Waals surface area contributed by atoms with Crippen molar-refractivity contribution >= 4 is 23.6 Å². The fourth-order valence-corrected chi connectivity index (χ4v) is 3.04. The number of nitrogens with one attached hydrogen (secondary N) is 2. The number of hydrogen-bond acceptors (Lipinski definition) is 6. The largest absolute Gasteiger partial charge is 0.453 e. The molecule has 1 aromatic heterocycles. The van der Waals surface area contributed by atoms with Gasteiger partial charge in [-0.15, -0.1) is 0 Å². The van der Waals surface area contributed by atoms with E-state index in [4.69, 9.17) is 0 Å². The lowest BCUT2D eigenvalue weighted by Crippen LogP contribution is -2.43. The molecule has 8 heteroatoms. The number of anilines is 2. The highest BCUT2D eigenvalue weighted by molar-refractivity contribution is 5.84. The molecule has 0 spiro atoms. The maximum atomic E-state index is 12.5. The molecule has 0 unspecified atom stereocenters. The Bertz CT molecular complexity index is 767. The third-order valence-corrected chi connectivity index (χ3v) is 4.48. The smallest absolute Gasteiger partial charge is 0.411 e. The van der Waals surface area contributed by atoms with Gasteiger partial charge in [0.2, 0.25) is 11.9 Å². The second-order valence-electron chi connectivity index (χ2n) is 6.37. The first-order valence-electron chi connectivity index (χ1n) is 8.89. The molecule has 1 aromatic carbocycles. The van der Waals surface area contributed by atoms with E-state index in [0.717, 1.165) is 24.9 Å². The van der Waals surface area contributed by atoms with Crippen molar-refractivity contribution in [1.82, 2.24) is 15.3 Å². The number of rotatable bonds is 5. The summed E-state index contributed by atoms with van der Waals surface area (Å²) in [5.41, 5.74) is 1.60. The molecule has 1 atom stereocenters. The summed E-state index contributed by atoms with van der Waals surface area (Å²) >= 11 is 0. The van der Waals surface area contributed by atoms with E-state index in [-0.39, 0.29) is 11.8 Å². The Labute approximate surface area is 158 Å². The zero-order valence-corrected chi connectivity index (χ0v) is 15.2. The summed E-state index contributed by atoms with van der Waals surface area (Å²) < 4.78 is 4.55. The van der Waals surface area contributed by atoms with Gasteiger partial charge in [-0.25, -0.2) is 14.8 Å². The first-order chi connectivity index (χ1) is 13.2. The number of hydrogen-bond donors (Lipinski definition) is 2. The summed E-state index contributed by atoms with van der Waals surface area (Å²) in [5.74, 6) is 0.624. The molecule has 1 fully saturated rings. The molecule has 8 nitrogen and oxygen atoms in total. The van der Waals surface area contributed by atoms with Crippen molar-refractivity contribution in [1.29, 1.82) is 0 Å². The second kappa shape index (κ2) is 8.98. The van der Waals surface area contributed by atoms with E-state index in [9.17, 15) is 9.59 Å². The van der Waals surface area contributed by atoms with Crippen molar-refractivity contribution < 1.29 is 14.3 Å². The molecule has 1 saturated heterocycles. The van der Waals surface area contributed by atoms with Crippen LogP contribution in [0.25, 0.3) is 0 Å². The monoisotopic (exact) mass is 369 g/mol. The van der Waals surface area contributed by atoms with Gasteiger partial charge in [0.15, 0.2) is 0 Å². The molecule has 2 amide bonds. The maximum absolute atomic E-state index is 12.5. The number of aromatic nitrogens is 2. The molecule has 0 saturated carbocycles. The van der Waals surface area contributed by atoms with Gasteiger partial charge in [0, 0.05) is 37.7 Å². The van der Waals surface area contributed by atoms with Crippen molar-refractivity contribution in [3.63, 3.8) is 0 Å².